The van der Waals surface area contributed by atoms with Crippen molar-refractivity contribution in [1.82, 2.24) is 4.90 Å². The lowest BCUT2D eigenvalue weighted by Crippen LogP contribution is -2.23. The van der Waals surface area contributed by atoms with Gasteiger partial charge in [-0.3, -0.25) is 0 Å². The summed E-state index contributed by atoms with van der Waals surface area (Å²) >= 11 is 3.86. The van der Waals surface area contributed by atoms with Crippen LogP contribution in [0.2, 0.25) is 0 Å². The van der Waals surface area contributed by atoms with Gasteiger partial charge in [-0.15, -0.1) is 23.1 Å². The molecule has 4 heteroatoms. The van der Waals surface area contributed by atoms with Gasteiger partial charge in [0.1, 0.15) is 10.4 Å². The van der Waals surface area contributed by atoms with E-state index in [1.54, 1.807) is 10.4 Å². The molecule has 2 aliphatic heterocycles. The van der Waals surface area contributed by atoms with Crippen LogP contribution in [0.4, 0.5) is 5.00 Å². The Morgan fingerprint density at radius 3 is 2.88 bits per heavy atom. The summed E-state index contributed by atoms with van der Waals surface area (Å²) in [5.74, 6) is 0.815. The van der Waals surface area contributed by atoms with E-state index in [2.05, 4.69) is 48.4 Å². The third-order valence-electron chi connectivity index (χ3n) is 5.27. The number of nitrogens with zero attached hydrogens (tertiary/aromatic N) is 2. The van der Waals surface area contributed by atoms with E-state index < -0.39 is 0 Å². The Bertz CT molecular complexity index is 861. The highest BCUT2D eigenvalue weighted by molar-refractivity contribution is 8.02. The third kappa shape index (κ3) is 2.20. The maximum Gasteiger partial charge on any atom is 0.124 e. The van der Waals surface area contributed by atoms with Gasteiger partial charge in [-0.05, 0) is 48.6 Å². The fourth-order valence-corrected chi connectivity index (χ4v) is 6.54. The molecule has 0 amide bonds. The standard InChI is InChI=1S/C20H20N2S2/c1-12-3-6-14(7-4-12)16-10-23-20-18-15-8-5-13(2)9-17(15)24-19(18)21-11-22(16)20/h3-4,6-7,10-11,13,20H,5,8-9H2,1-2H3/t13-,20+/m1/s1. The largest absolute Gasteiger partial charge is 0.314 e. The van der Waals surface area contributed by atoms with Crippen LogP contribution in [0.15, 0.2) is 34.7 Å². The number of thioether (sulfide) groups is 1. The number of aliphatic imine (C=N–C) groups is 1. The topological polar surface area (TPSA) is 15.6 Å². The molecule has 2 nitrogen and oxygen atoms in total. The number of hydrogen-bond acceptors (Lipinski definition) is 4. The Kier molecular flexibility index (Phi) is 3.39. The molecule has 0 saturated heterocycles. The summed E-state index contributed by atoms with van der Waals surface area (Å²) in [6, 6.07) is 8.82. The first-order valence-electron chi connectivity index (χ1n) is 8.60. The zero-order valence-electron chi connectivity index (χ0n) is 14.0. The minimum atomic E-state index is 0.377. The SMILES string of the molecule is Cc1ccc(C2=CS[C@H]3c4c(sc5c4CC[C@@H](C)C5)N=CN23)cc1. The number of benzene rings is 1. The van der Waals surface area contributed by atoms with E-state index in [0.717, 1.165) is 5.92 Å². The van der Waals surface area contributed by atoms with Crippen LogP contribution in [-0.2, 0) is 12.8 Å². The zero-order valence-corrected chi connectivity index (χ0v) is 15.6. The second-order valence-corrected chi connectivity index (χ2v) is 9.12. The van der Waals surface area contributed by atoms with Crippen molar-refractivity contribution in [1.29, 1.82) is 0 Å². The normalized spacial score (nSPS) is 24.4. The molecule has 0 bridgehead atoms. The molecule has 1 aromatic heterocycles. The predicted molar refractivity (Wildman–Crippen MR) is 105 cm³/mol. The van der Waals surface area contributed by atoms with Gasteiger partial charge in [0.05, 0.1) is 12.0 Å². The van der Waals surface area contributed by atoms with Gasteiger partial charge in [-0.1, -0.05) is 36.8 Å². The molecule has 2 atom stereocenters. The number of fused-ring (bicyclic) bond motifs is 5. The van der Waals surface area contributed by atoms with Crippen molar-refractivity contribution >= 4 is 40.1 Å². The average Bonchev–Trinajstić information content (AvgIpc) is 3.15. The van der Waals surface area contributed by atoms with Gasteiger partial charge in [-0.2, -0.15) is 0 Å². The molecule has 0 fully saturated rings. The van der Waals surface area contributed by atoms with E-state index in [9.17, 15) is 0 Å². The van der Waals surface area contributed by atoms with Gasteiger partial charge in [0, 0.05) is 10.4 Å². The number of hydrogen-bond donors (Lipinski definition) is 0. The first-order valence-corrected chi connectivity index (χ1v) is 10.4. The molecule has 3 aliphatic rings. The first kappa shape index (κ1) is 14.8. The molecular weight excluding hydrogens is 332 g/mol. The van der Waals surface area contributed by atoms with Crippen molar-refractivity contribution < 1.29 is 0 Å². The molecule has 0 saturated carbocycles. The lowest BCUT2D eigenvalue weighted by atomic mass is 9.88. The summed E-state index contributed by atoms with van der Waals surface area (Å²) < 4.78 is 0. The number of rotatable bonds is 1. The molecule has 3 heterocycles. The van der Waals surface area contributed by atoms with E-state index in [1.807, 2.05) is 29.4 Å². The quantitative estimate of drug-likeness (QED) is 0.635. The molecule has 5 rings (SSSR count). The van der Waals surface area contributed by atoms with E-state index >= 15 is 0 Å². The van der Waals surface area contributed by atoms with Gasteiger partial charge in [-0.25, -0.2) is 4.99 Å². The highest BCUT2D eigenvalue weighted by atomic mass is 32.2. The number of aryl methyl sites for hydroxylation is 1. The Hall–Kier alpha value is -1.52. The summed E-state index contributed by atoms with van der Waals surface area (Å²) in [4.78, 5) is 8.77. The van der Waals surface area contributed by atoms with E-state index in [-0.39, 0.29) is 0 Å². The minimum absolute atomic E-state index is 0.377. The van der Waals surface area contributed by atoms with E-state index in [4.69, 9.17) is 4.99 Å². The van der Waals surface area contributed by atoms with Gasteiger partial charge in [0.2, 0.25) is 0 Å². The lowest BCUT2D eigenvalue weighted by Gasteiger charge is -2.29. The summed E-state index contributed by atoms with van der Waals surface area (Å²) in [6.45, 7) is 4.51. The molecule has 1 aliphatic carbocycles. The zero-order chi connectivity index (χ0) is 16.3. The van der Waals surface area contributed by atoms with Crippen LogP contribution in [0.25, 0.3) is 5.70 Å². The molecule has 24 heavy (non-hydrogen) atoms. The van der Waals surface area contributed by atoms with Crippen LogP contribution in [0.5, 0.6) is 0 Å². The molecule has 0 spiro atoms. The summed E-state index contributed by atoms with van der Waals surface area (Å²) in [5.41, 5.74) is 6.96. The van der Waals surface area contributed by atoms with Crippen LogP contribution in [0, 0.1) is 12.8 Å². The lowest BCUT2D eigenvalue weighted by molar-refractivity contribution is 0.500. The maximum absolute atomic E-state index is 4.82. The molecule has 1 aromatic carbocycles. The third-order valence-corrected chi connectivity index (χ3v) is 7.52. The highest BCUT2D eigenvalue weighted by Crippen LogP contribution is 2.55. The van der Waals surface area contributed by atoms with Crippen LogP contribution < -0.4 is 0 Å². The van der Waals surface area contributed by atoms with Gasteiger partial charge >= 0.3 is 0 Å². The van der Waals surface area contributed by atoms with Gasteiger partial charge in [0.15, 0.2) is 0 Å². The average molecular weight is 353 g/mol. The molecule has 2 aromatic rings. The summed E-state index contributed by atoms with van der Waals surface area (Å²) in [7, 11) is 0. The minimum Gasteiger partial charge on any atom is -0.314 e. The molecule has 0 N–H and O–H groups in total. The van der Waals surface area contributed by atoms with Crippen LogP contribution in [0.3, 0.4) is 0 Å². The summed E-state index contributed by atoms with van der Waals surface area (Å²) in [5, 5.41) is 3.94. The first-order chi connectivity index (χ1) is 11.7. The van der Waals surface area contributed by atoms with Gasteiger partial charge < -0.3 is 4.90 Å². The molecule has 0 unspecified atom stereocenters. The van der Waals surface area contributed by atoms with Crippen molar-refractivity contribution in [3.63, 3.8) is 0 Å². The Labute approximate surface area is 151 Å². The van der Waals surface area contributed by atoms with Crippen LogP contribution in [-0.4, -0.2) is 11.2 Å². The van der Waals surface area contributed by atoms with Crippen molar-refractivity contribution in [3.05, 3.63) is 56.8 Å². The van der Waals surface area contributed by atoms with E-state index in [1.165, 1.54) is 46.7 Å². The Morgan fingerprint density at radius 1 is 1.21 bits per heavy atom. The van der Waals surface area contributed by atoms with Crippen LogP contribution >= 0.6 is 23.1 Å². The van der Waals surface area contributed by atoms with Crippen molar-refractivity contribution in [3.8, 4) is 0 Å². The van der Waals surface area contributed by atoms with E-state index in [0.29, 0.717) is 5.37 Å². The number of thiophene rings is 1. The smallest absolute Gasteiger partial charge is 0.124 e. The van der Waals surface area contributed by atoms with Crippen LogP contribution in [0.1, 0.15) is 45.8 Å². The summed E-state index contributed by atoms with van der Waals surface area (Å²) in [6.07, 6.45) is 5.82. The van der Waals surface area contributed by atoms with Crippen molar-refractivity contribution in [2.45, 2.75) is 38.5 Å². The Morgan fingerprint density at radius 2 is 2.04 bits per heavy atom. The van der Waals surface area contributed by atoms with Crippen molar-refractivity contribution in [2.24, 2.45) is 10.9 Å². The fourth-order valence-electron chi connectivity index (χ4n) is 3.88. The second-order valence-electron chi connectivity index (χ2n) is 7.08. The van der Waals surface area contributed by atoms with Crippen molar-refractivity contribution in [2.75, 3.05) is 0 Å². The molecule has 0 radical (unpaired) electrons. The second kappa shape index (κ2) is 5.50. The fraction of sp³-hybridized carbons (Fsp3) is 0.350. The Balaban J connectivity index is 1.53. The maximum atomic E-state index is 4.82. The predicted octanol–water partition coefficient (Wildman–Crippen LogP) is 5.90. The molecule has 122 valence electrons. The highest BCUT2D eigenvalue weighted by Gasteiger charge is 2.37. The molecular formula is C20H20N2S2. The monoisotopic (exact) mass is 352 g/mol. The van der Waals surface area contributed by atoms with Gasteiger partial charge in [0.25, 0.3) is 0 Å².